The van der Waals surface area contributed by atoms with Crippen LogP contribution in [0.4, 0.5) is 0 Å². The molecule has 0 saturated carbocycles. The zero-order valence-electron chi connectivity index (χ0n) is 16.8. The monoisotopic (exact) mass is 422 g/mol. The molecule has 1 amide bonds. The number of rotatable bonds is 4. The molecule has 0 N–H and O–H groups in total. The second-order valence-electron chi connectivity index (χ2n) is 8.51. The first kappa shape index (κ1) is 19.3. The summed E-state index contributed by atoms with van der Waals surface area (Å²) < 4.78 is 5.60. The maximum atomic E-state index is 12.7. The highest BCUT2D eigenvalue weighted by Gasteiger charge is 2.53. The molecule has 0 aliphatic carbocycles. The van der Waals surface area contributed by atoms with E-state index in [2.05, 4.69) is 22.1 Å². The van der Waals surface area contributed by atoms with E-state index in [-0.39, 0.29) is 17.4 Å². The molecule has 2 fully saturated rings. The molecule has 30 heavy (non-hydrogen) atoms. The summed E-state index contributed by atoms with van der Waals surface area (Å²) in [6.07, 6.45) is 1.33. The number of halogens is 1. The van der Waals surface area contributed by atoms with E-state index in [0.29, 0.717) is 23.2 Å². The van der Waals surface area contributed by atoms with Gasteiger partial charge in [-0.2, -0.15) is 4.98 Å². The predicted octanol–water partition coefficient (Wildman–Crippen LogP) is 3.84. The van der Waals surface area contributed by atoms with Crippen molar-refractivity contribution in [1.82, 2.24) is 19.9 Å². The van der Waals surface area contributed by atoms with Crippen LogP contribution in [0.25, 0.3) is 11.4 Å². The van der Waals surface area contributed by atoms with Crippen LogP contribution >= 0.6 is 11.6 Å². The van der Waals surface area contributed by atoms with E-state index in [1.54, 1.807) is 0 Å². The predicted molar refractivity (Wildman–Crippen MR) is 114 cm³/mol. The molecule has 0 radical (unpaired) electrons. The summed E-state index contributed by atoms with van der Waals surface area (Å²) in [5.41, 5.74) is 2.05. The Bertz CT molecular complexity index is 1040. The molecule has 0 bridgehead atoms. The van der Waals surface area contributed by atoms with Crippen LogP contribution in [-0.4, -0.2) is 52.5 Å². The minimum atomic E-state index is 0.0866. The van der Waals surface area contributed by atoms with Crippen molar-refractivity contribution in [2.75, 3.05) is 26.7 Å². The molecule has 2 aromatic carbocycles. The first-order valence-corrected chi connectivity index (χ1v) is 10.5. The second-order valence-corrected chi connectivity index (χ2v) is 8.95. The molecule has 2 aliphatic heterocycles. The molecule has 5 rings (SSSR count). The van der Waals surface area contributed by atoms with Crippen LogP contribution in [0.5, 0.6) is 0 Å². The smallest absolute Gasteiger partial charge is 0.244 e. The lowest BCUT2D eigenvalue weighted by molar-refractivity contribution is -0.141. The Kier molecular flexibility index (Phi) is 4.83. The van der Waals surface area contributed by atoms with Crippen LogP contribution in [0.3, 0.4) is 0 Å². The first-order chi connectivity index (χ1) is 14.5. The van der Waals surface area contributed by atoms with Crippen molar-refractivity contribution in [2.45, 2.75) is 18.9 Å². The maximum absolute atomic E-state index is 12.7. The Balaban J connectivity index is 1.22. The van der Waals surface area contributed by atoms with Crippen molar-refractivity contribution in [3.8, 4) is 11.4 Å². The van der Waals surface area contributed by atoms with Crippen molar-refractivity contribution in [2.24, 2.45) is 5.41 Å². The number of hydrogen-bond acceptors (Lipinski definition) is 5. The van der Waals surface area contributed by atoms with Gasteiger partial charge in [0.1, 0.15) is 0 Å². The molecule has 1 spiro atoms. The fourth-order valence-electron chi connectivity index (χ4n) is 4.68. The van der Waals surface area contributed by atoms with Gasteiger partial charge in [0.25, 0.3) is 0 Å². The molecule has 154 valence electrons. The molecule has 1 aromatic heterocycles. The van der Waals surface area contributed by atoms with Crippen molar-refractivity contribution in [1.29, 1.82) is 0 Å². The van der Waals surface area contributed by atoms with Crippen LogP contribution in [0.2, 0.25) is 5.02 Å². The minimum absolute atomic E-state index is 0.0866. The zero-order chi connectivity index (χ0) is 20.7. The van der Waals surface area contributed by atoms with Gasteiger partial charge in [-0.15, -0.1) is 0 Å². The Morgan fingerprint density at radius 1 is 1.13 bits per heavy atom. The number of carbonyl (C=O) groups is 1. The van der Waals surface area contributed by atoms with Gasteiger partial charge in [-0.3, -0.25) is 9.69 Å². The normalized spacial score (nSPS) is 20.5. The van der Waals surface area contributed by atoms with E-state index in [1.165, 1.54) is 0 Å². The van der Waals surface area contributed by atoms with Crippen LogP contribution in [0.1, 0.15) is 23.9 Å². The number of carbonyl (C=O) groups excluding carboxylic acids is 1. The van der Waals surface area contributed by atoms with E-state index < -0.39 is 0 Å². The molecule has 3 aromatic rings. The number of hydrogen-bond donors (Lipinski definition) is 0. The zero-order valence-corrected chi connectivity index (χ0v) is 17.5. The summed E-state index contributed by atoms with van der Waals surface area (Å²) in [5, 5.41) is 4.85. The van der Waals surface area contributed by atoms with Gasteiger partial charge in [-0.05, 0) is 31.2 Å². The van der Waals surface area contributed by atoms with E-state index in [0.717, 1.165) is 37.2 Å². The summed E-state index contributed by atoms with van der Waals surface area (Å²) in [4.78, 5) is 21.5. The molecule has 1 atom stereocenters. The van der Waals surface area contributed by atoms with Crippen molar-refractivity contribution in [3.05, 3.63) is 71.1 Å². The lowest BCUT2D eigenvalue weighted by Gasteiger charge is -2.48. The van der Waals surface area contributed by atoms with Crippen LogP contribution < -0.4 is 0 Å². The molecule has 7 heteroatoms. The second kappa shape index (κ2) is 7.52. The SMILES string of the molecule is CN1CC2(CC1c1nc(-c3ccccc3)no1)CN(C(=O)Cc1ccc(Cl)cc1)C2. The number of aromatic nitrogens is 2. The summed E-state index contributed by atoms with van der Waals surface area (Å²) in [5.74, 6) is 1.44. The van der Waals surface area contributed by atoms with Crippen molar-refractivity contribution < 1.29 is 9.32 Å². The third kappa shape index (κ3) is 3.61. The minimum Gasteiger partial charge on any atom is -0.341 e. The van der Waals surface area contributed by atoms with E-state index in [1.807, 2.05) is 59.5 Å². The summed E-state index contributed by atoms with van der Waals surface area (Å²) in [7, 11) is 2.09. The average Bonchev–Trinajstić information content (AvgIpc) is 3.34. The van der Waals surface area contributed by atoms with Crippen LogP contribution in [-0.2, 0) is 11.2 Å². The molecule has 1 unspecified atom stereocenters. The van der Waals surface area contributed by atoms with Gasteiger partial charge >= 0.3 is 0 Å². The van der Waals surface area contributed by atoms with E-state index in [4.69, 9.17) is 16.1 Å². The molecule has 2 aliphatic rings. The van der Waals surface area contributed by atoms with E-state index >= 15 is 0 Å². The Morgan fingerprint density at radius 2 is 1.87 bits per heavy atom. The summed E-state index contributed by atoms with van der Waals surface area (Å²) in [6.45, 7) is 2.48. The van der Waals surface area contributed by atoms with Crippen LogP contribution in [0, 0.1) is 5.41 Å². The van der Waals surface area contributed by atoms with Gasteiger partial charge in [0.05, 0.1) is 12.5 Å². The van der Waals surface area contributed by atoms with Gasteiger partial charge < -0.3 is 9.42 Å². The van der Waals surface area contributed by atoms with Crippen LogP contribution in [0.15, 0.2) is 59.1 Å². The van der Waals surface area contributed by atoms with Crippen molar-refractivity contribution in [3.63, 3.8) is 0 Å². The molecular formula is C23H23ClN4O2. The highest BCUT2D eigenvalue weighted by atomic mass is 35.5. The Morgan fingerprint density at radius 3 is 2.60 bits per heavy atom. The third-order valence-corrected chi connectivity index (χ3v) is 6.43. The lowest BCUT2D eigenvalue weighted by atomic mass is 9.77. The maximum Gasteiger partial charge on any atom is 0.244 e. The van der Waals surface area contributed by atoms with Gasteiger partial charge in [0.15, 0.2) is 0 Å². The third-order valence-electron chi connectivity index (χ3n) is 6.18. The van der Waals surface area contributed by atoms with Gasteiger partial charge in [-0.25, -0.2) is 0 Å². The molecular weight excluding hydrogens is 400 g/mol. The standard InChI is InChI=1S/C23H23ClN4O2/c1-27-13-23(14-28(15-23)20(29)11-16-7-9-18(24)10-8-16)12-19(27)22-25-21(26-30-22)17-5-3-2-4-6-17/h2-10,19H,11-15H2,1H3. The van der Waals surface area contributed by atoms with Crippen molar-refractivity contribution >= 4 is 17.5 Å². The largest absolute Gasteiger partial charge is 0.341 e. The number of benzene rings is 2. The molecule has 3 heterocycles. The number of likely N-dealkylation sites (tertiary alicyclic amines) is 2. The first-order valence-electron chi connectivity index (χ1n) is 10.1. The molecule has 6 nitrogen and oxygen atoms in total. The van der Waals surface area contributed by atoms with Gasteiger partial charge in [-0.1, -0.05) is 59.2 Å². The Labute approximate surface area is 180 Å². The summed E-state index contributed by atoms with van der Waals surface area (Å²) >= 11 is 5.93. The lowest BCUT2D eigenvalue weighted by Crippen LogP contribution is -2.59. The van der Waals surface area contributed by atoms with Gasteiger partial charge in [0, 0.05) is 35.6 Å². The fraction of sp³-hybridized carbons (Fsp3) is 0.348. The quantitative estimate of drug-likeness (QED) is 0.639. The average molecular weight is 423 g/mol. The van der Waals surface area contributed by atoms with Gasteiger partial charge in [0.2, 0.25) is 17.6 Å². The highest BCUT2D eigenvalue weighted by molar-refractivity contribution is 6.30. The summed E-state index contributed by atoms with van der Waals surface area (Å²) in [6, 6.07) is 17.4. The topological polar surface area (TPSA) is 62.5 Å². The van der Waals surface area contributed by atoms with E-state index in [9.17, 15) is 4.79 Å². The number of amides is 1. The fourth-order valence-corrected chi connectivity index (χ4v) is 4.80. The number of nitrogens with zero attached hydrogens (tertiary/aromatic N) is 4. The highest BCUT2D eigenvalue weighted by Crippen LogP contribution is 2.47. The Hall–Kier alpha value is -2.70. The molecule has 2 saturated heterocycles.